The summed E-state index contributed by atoms with van der Waals surface area (Å²) in [6.45, 7) is 4.40. The highest BCUT2D eigenvalue weighted by Gasteiger charge is 2.32. The van der Waals surface area contributed by atoms with Crippen LogP contribution in [0.25, 0.3) is 11.5 Å². The summed E-state index contributed by atoms with van der Waals surface area (Å²) in [6, 6.07) is 1.62. The van der Waals surface area contributed by atoms with Crippen molar-refractivity contribution in [1.29, 1.82) is 0 Å². The molecule has 110 valence electrons. The van der Waals surface area contributed by atoms with Gasteiger partial charge in [-0.1, -0.05) is 37.0 Å². The van der Waals surface area contributed by atoms with Crippen molar-refractivity contribution < 1.29 is 0 Å². The van der Waals surface area contributed by atoms with E-state index in [9.17, 15) is 0 Å². The van der Waals surface area contributed by atoms with E-state index >= 15 is 0 Å². The number of hydrogen-bond acceptors (Lipinski definition) is 4. The number of nitrogens with zero attached hydrogens (tertiary/aromatic N) is 3. The minimum absolute atomic E-state index is 0.0218. The summed E-state index contributed by atoms with van der Waals surface area (Å²) in [6.07, 6.45) is 5.14. The number of rotatable bonds is 1. The van der Waals surface area contributed by atoms with Gasteiger partial charge in [0.25, 0.3) is 0 Å². The van der Waals surface area contributed by atoms with E-state index in [4.69, 9.17) is 28.9 Å². The minimum Gasteiger partial charge on any atom is -0.324 e. The van der Waals surface area contributed by atoms with Gasteiger partial charge >= 0.3 is 0 Å². The van der Waals surface area contributed by atoms with Crippen LogP contribution in [0.2, 0.25) is 10.0 Å². The average molecular weight is 323 g/mol. The molecule has 2 aromatic rings. The Hall–Kier alpha value is -1.23. The van der Waals surface area contributed by atoms with Crippen LogP contribution < -0.4 is 5.73 Å². The molecule has 0 saturated heterocycles. The zero-order valence-corrected chi connectivity index (χ0v) is 13.4. The van der Waals surface area contributed by atoms with E-state index < -0.39 is 0 Å². The molecule has 4 nitrogen and oxygen atoms in total. The molecule has 0 saturated carbocycles. The molecule has 0 aliphatic heterocycles. The summed E-state index contributed by atoms with van der Waals surface area (Å²) in [7, 11) is 0. The van der Waals surface area contributed by atoms with Crippen molar-refractivity contribution in [3.8, 4) is 11.5 Å². The molecule has 0 spiro atoms. The van der Waals surface area contributed by atoms with Crippen molar-refractivity contribution in [3.05, 3.63) is 39.8 Å². The lowest BCUT2D eigenvalue weighted by atomic mass is 9.74. The first-order chi connectivity index (χ1) is 9.85. The molecule has 0 bridgehead atoms. The fourth-order valence-corrected chi connectivity index (χ4v) is 3.27. The van der Waals surface area contributed by atoms with E-state index in [1.54, 1.807) is 18.5 Å². The molecule has 2 N–H and O–H groups in total. The fourth-order valence-electron chi connectivity index (χ4n) is 2.80. The highest BCUT2D eigenvalue weighted by molar-refractivity contribution is 6.35. The van der Waals surface area contributed by atoms with Crippen LogP contribution in [-0.4, -0.2) is 15.0 Å². The standard InChI is InChI=1S/C15H16Cl2N4/c1-15(2)4-11(18)9-7-20-14(21-12(9)5-15)13-10(17)3-8(16)6-19-13/h3,6-7,11H,4-5,18H2,1-2H3. The minimum atomic E-state index is -0.0218. The van der Waals surface area contributed by atoms with Crippen molar-refractivity contribution in [1.82, 2.24) is 15.0 Å². The van der Waals surface area contributed by atoms with Crippen LogP contribution in [0.4, 0.5) is 0 Å². The Morgan fingerprint density at radius 1 is 1.24 bits per heavy atom. The number of aromatic nitrogens is 3. The van der Waals surface area contributed by atoms with Gasteiger partial charge in [0.15, 0.2) is 5.82 Å². The molecule has 2 aromatic heterocycles. The predicted octanol–water partition coefficient (Wildman–Crippen LogP) is 3.82. The van der Waals surface area contributed by atoms with Crippen LogP contribution in [-0.2, 0) is 6.42 Å². The summed E-state index contributed by atoms with van der Waals surface area (Å²) in [5, 5.41) is 0.937. The topological polar surface area (TPSA) is 64.7 Å². The average Bonchev–Trinajstić information content (AvgIpc) is 2.36. The fraction of sp³-hybridized carbons (Fsp3) is 0.400. The second-order valence-corrected chi connectivity index (χ2v) is 7.07. The molecule has 1 unspecified atom stereocenters. The second kappa shape index (κ2) is 5.20. The normalized spacial score (nSPS) is 20.1. The molecule has 2 heterocycles. The number of nitrogens with two attached hydrogens (primary N) is 1. The van der Waals surface area contributed by atoms with Gasteiger partial charge in [-0.15, -0.1) is 0 Å². The van der Waals surface area contributed by atoms with Crippen molar-refractivity contribution in [2.45, 2.75) is 32.7 Å². The summed E-state index contributed by atoms with van der Waals surface area (Å²) in [5.74, 6) is 0.514. The molecule has 6 heteroatoms. The number of fused-ring (bicyclic) bond motifs is 1. The lowest BCUT2D eigenvalue weighted by Crippen LogP contribution is -2.30. The van der Waals surface area contributed by atoms with Crippen LogP contribution >= 0.6 is 23.2 Å². The van der Waals surface area contributed by atoms with Gasteiger partial charge in [0.05, 0.1) is 10.0 Å². The molecular weight excluding hydrogens is 307 g/mol. The Kier molecular flexibility index (Phi) is 3.64. The Bertz CT molecular complexity index is 700. The highest BCUT2D eigenvalue weighted by atomic mass is 35.5. The molecule has 21 heavy (non-hydrogen) atoms. The number of hydrogen-bond donors (Lipinski definition) is 1. The van der Waals surface area contributed by atoms with Crippen molar-refractivity contribution in [2.24, 2.45) is 11.1 Å². The van der Waals surface area contributed by atoms with E-state index in [0.29, 0.717) is 21.6 Å². The monoisotopic (exact) mass is 322 g/mol. The van der Waals surface area contributed by atoms with Gasteiger partial charge in [0.2, 0.25) is 0 Å². The van der Waals surface area contributed by atoms with Crippen LogP contribution in [0.15, 0.2) is 18.5 Å². The first-order valence-corrected chi connectivity index (χ1v) is 7.54. The summed E-state index contributed by atoms with van der Waals surface area (Å²) in [5.41, 5.74) is 8.90. The van der Waals surface area contributed by atoms with Gasteiger partial charge in [-0.2, -0.15) is 0 Å². The highest BCUT2D eigenvalue weighted by Crippen LogP contribution is 2.39. The Balaban J connectivity index is 2.07. The van der Waals surface area contributed by atoms with Crippen molar-refractivity contribution in [2.75, 3.05) is 0 Å². The first-order valence-electron chi connectivity index (χ1n) is 6.78. The zero-order chi connectivity index (χ0) is 15.2. The Morgan fingerprint density at radius 2 is 2.00 bits per heavy atom. The molecule has 3 rings (SSSR count). The largest absolute Gasteiger partial charge is 0.324 e. The first kappa shape index (κ1) is 14.7. The molecule has 1 aliphatic rings. The summed E-state index contributed by atoms with van der Waals surface area (Å²) in [4.78, 5) is 13.2. The lowest BCUT2D eigenvalue weighted by molar-refractivity contribution is 0.278. The van der Waals surface area contributed by atoms with Gasteiger partial charge in [-0.25, -0.2) is 15.0 Å². The molecule has 0 aromatic carbocycles. The Morgan fingerprint density at radius 3 is 2.71 bits per heavy atom. The smallest absolute Gasteiger partial charge is 0.179 e. The van der Waals surface area contributed by atoms with Gasteiger partial charge in [-0.3, -0.25) is 0 Å². The van der Waals surface area contributed by atoms with E-state index in [1.165, 1.54) is 0 Å². The van der Waals surface area contributed by atoms with E-state index in [1.807, 2.05) is 0 Å². The number of halogens is 2. The SMILES string of the molecule is CC1(C)Cc2nc(-c3ncc(Cl)cc3Cl)ncc2C(N)C1. The molecule has 1 aliphatic carbocycles. The van der Waals surface area contributed by atoms with Gasteiger partial charge in [0, 0.05) is 29.7 Å². The molecule has 0 radical (unpaired) electrons. The van der Waals surface area contributed by atoms with Crippen molar-refractivity contribution in [3.63, 3.8) is 0 Å². The van der Waals surface area contributed by atoms with Crippen LogP contribution in [0.5, 0.6) is 0 Å². The van der Waals surface area contributed by atoms with Crippen LogP contribution in [0.3, 0.4) is 0 Å². The van der Waals surface area contributed by atoms with E-state index in [-0.39, 0.29) is 11.5 Å². The maximum atomic E-state index is 6.22. The van der Waals surface area contributed by atoms with Crippen molar-refractivity contribution >= 4 is 23.2 Å². The van der Waals surface area contributed by atoms with Crippen LogP contribution in [0, 0.1) is 5.41 Å². The predicted molar refractivity (Wildman–Crippen MR) is 84.3 cm³/mol. The summed E-state index contributed by atoms with van der Waals surface area (Å²) >= 11 is 12.1. The number of pyridine rings is 1. The molecule has 0 fully saturated rings. The van der Waals surface area contributed by atoms with Gasteiger partial charge in [-0.05, 0) is 24.3 Å². The van der Waals surface area contributed by atoms with E-state index in [0.717, 1.165) is 24.1 Å². The third-order valence-electron chi connectivity index (χ3n) is 3.74. The molecule has 1 atom stereocenters. The molecular formula is C15H16Cl2N4. The molecule has 0 amide bonds. The van der Waals surface area contributed by atoms with Gasteiger partial charge in [0.1, 0.15) is 5.69 Å². The lowest BCUT2D eigenvalue weighted by Gasteiger charge is -2.34. The zero-order valence-electron chi connectivity index (χ0n) is 11.9. The summed E-state index contributed by atoms with van der Waals surface area (Å²) < 4.78 is 0. The van der Waals surface area contributed by atoms with E-state index in [2.05, 4.69) is 28.8 Å². The maximum Gasteiger partial charge on any atom is 0.179 e. The van der Waals surface area contributed by atoms with Gasteiger partial charge < -0.3 is 5.73 Å². The second-order valence-electron chi connectivity index (χ2n) is 6.23. The Labute approximate surface area is 133 Å². The van der Waals surface area contributed by atoms with Crippen LogP contribution in [0.1, 0.15) is 37.6 Å². The third kappa shape index (κ3) is 2.89. The maximum absolute atomic E-state index is 6.22. The quantitative estimate of drug-likeness (QED) is 0.866. The third-order valence-corrected chi connectivity index (χ3v) is 4.23.